The molecule has 0 amide bonds. The second kappa shape index (κ2) is 5.43. The van der Waals surface area contributed by atoms with E-state index in [0.29, 0.717) is 11.8 Å². The minimum Gasteiger partial charge on any atom is -0.359 e. The molecule has 0 radical (unpaired) electrons. The molecule has 0 spiro atoms. The summed E-state index contributed by atoms with van der Waals surface area (Å²) in [5.74, 6) is 0.0808. The summed E-state index contributed by atoms with van der Waals surface area (Å²) in [5.41, 5.74) is 0. The Morgan fingerprint density at radius 2 is 2.18 bits per heavy atom. The number of aromatic nitrogens is 2. The Morgan fingerprint density at radius 3 is 2.76 bits per heavy atom. The topological polar surface area (TPSA) is 37.8 Å². The van der Waals surface area contributed by atoms with E-state index < -0.39 is 12.0 Å². The van der Waals surface area contributed by atoms with Crippen LogP contribution in [0.1, 0.15) is 25.1 Å². The molecule has 2 heterocycles. The second-order valence-electron chi connectivity index (χ2n) is 3.79. The average molecular weight is 283 g/mol. The molecule has 2 rings (SSSR count). The van der Waals surface area contributed by atoms with Crippen LogP contribution in [0.25, 0.3) is 0 Å². The van der Waals surface area contributed by atoms with Crippen molar-refractivity contribution in [2.45, 2.75) is 30.7 Å². The lowest BCUT2D eigenvalue weighted by Crippen LogP contribution is -2.20. The van der Waals surface area contributed by atoms with Gasteiger partial charge >= 0.3 is 6.18 Å². The van der Waals surface area contributed by atoms with Gasteiger partial charge < -0.3 is 5.32 Å². The van der Waals surface area contributed by atoms with Crippen LogP contribution in [0.3, 0.4) is 0 Å². The van der Waals surface area contributed by atoms with Crippen LogP contribution in [0.5, 0.6) is 0 Å². The molecule has 1 aromatic rings. The SMILES string of the molecule is FC(F)(F)c1nsc(NCC2CCCCS2)n1. The maximum Gasteiger partial charge on any atom is 0.452 e. The van der Waals surface area contributed by atoms with Crippen LogP contribution in [0.4, 0.5) is 18.3 Å². The summed E-state index contributed by atoms with van der Waals surface area (Å²) in [6, 6.07) is 0. The van der Waals surface area contributed by atoms with Crippen molar-refractivity contribution < 1.29 is 13.2 Å². The van der Waals surface area contributed by atoms with E-state index in [2.05, 4.69) is 14.7 Å². The predicted molar refractivity (Wildman–Crippen MR) is 63.5 cm³/mol. The van der Waals surface area contributed by atoms with Crippen molar-refractivity contribution in [3.8, 4) is 0 Å². The van der Waals surface area contributed by atoms with Crippen LogP contribution < -0.4 is 5.32 Å². The number of thioether (sulfide) groups is 1. The molecule has 0 aromatic carbocycles. The molecule has 8 heteroatoms. The highest BCUT2D eigenvalue weighted by molar-refractivity contribution is 7.99. The van der Waals surface area contributed by atoms with Gasteiger partial charge in [-0.3, -0.25) is 0 Å². The third-order valence-corrected chi connectivity index (χ3v) is 4.51. The van der Waals surface area contributed by atoms with E-state index in [1.165, 1.54) is 12.8 Å². The Labute approximate surface area is 105 Å². The van der Waals surface area contributed by atoms with Crippen LogP contribution in [-0.2, 0) is 6.18 Å². The van der Waals surface area contributed by atoms with Gasteiger partial charge in [-0.05, 0) is 18.6 Å². The molecule has 96 valence electrons. The van der Waals surface area contributed by atoms with Gasteiger partial charge in [-0.2, -0.15) is 34.3 Å². The summed E-state index contributed by atoms with van der Waals surface area (Å²) in [6.45, 7) is 0.664. The minimum atomic E-state index is -4.45. The van der Waals surface area contributed by atoms with Gasteiger partial charge in [-0.1, -0.05) is 6.42 Å². The van der Waals surface area contributed by atoms with Crippen molar-refractivity contribution in [3.05, 3.63) is 5.82 Å². The van der Waals surface area contributed by atoms with Gasteiger partial charge in [0.1, 0.15) is 0 Å². The van der Waals surface area contributed by atoms with Gasteiger partial charge in [0.15, 0.2) is 0 Å². The highest BCUT2D eigenvalue weighted by Gasteiger charge is 2.36. The standard InChI is InChI=1S/C9H12F3N3S2/c10-9(11,12)7-14-8(17-15-7)13-5-6-3-1-2-4-16-6/h6H,1-5H2,(H,13,14,15). The summed E-state index contributed by atoms with van der Waals surface area (Å²) in [7, 11) is 0. The smallest absolute Gasteiger partial charge is 0.359 e. The first-order valence-electron chi connectivity index (χ1n) is 5.32. The predicted octanol–water partition coefficient (Wildman–Crippen LogP) is 3.25. The molecular weight excluding hydrogens is 271 g/mol. The third-order valence-electron chi connectivity index (χ3n) is 2.43. The molecule has 0 aliphatic carbocycles. The Morgan fingerprint density at radius 1 is 1.35 bits per heavy atom. The van der Waals surface area contributed by atoms with Crippen molar-refractivity contribution in [1.29, 1.82) is 0 Å². The van der Waals surface area contributed by atoms with E-state index in [1.54, 1.807) is 0 Å². The molecule has 1 unspecified atom stereocenters. The number of nitrogens with one attached hydrogen (secondary N) is 1. The number of hydrogen-bond donors (Lipinski definition) is 1. The fraction of sp³-hybridized carbons (Fsp3) is 0.778. The molecular formula is C9H12F3N3S2. The van der Waals surface area contributed by atoms with Crippen LogP contribution in [0, 0.1) is 0 Å². The molecule has 0 bridgehead atoms. The average Bonchev–Trinajstić information content (AvgIpc) is 2.76. The van der Waals surface area contributed by atoms with E-state index in [0.717, 1.165) is 23.7 Å². The van der Waals surface area contributed by atoms with E-state index >= 15 is 0 Å². The van der Waals surface area contributed by atoms with Crippen molar-refractivity contribution in [1.82, 2.24) is 9.36 Å². The first-order chi connectivity index (χ1) is 8.05. The van der Waals surface area contributed by atoms with E-state index in [4.69, 9.17) is 0 Å². The number of hydrogen-bond acceptors (Lipinski definition) is 5. The monoisotopic (exact) mass is 283 g/mol. The van der Waals surface area contributed by atoms with Gasteiger partial charge in [0, 0.05) is 23.3 Å². The number of alkyl halides is 3. The lowest BCUT2D eigenvalue weighted by atomic mass is 10.2. The number of rotatable bonds is 3. The molecule has 1 fully saturated rings. The maximum atomic E-state index is 12.2. The summed E-state index contributed by atoms with van der Waals surface area (Å²) in [5, 5.41) is 3.66. The second-order valence-corrected chi connectivity index (χ2v) is 5.95. The zero-order valence-corrected chi connectivity index (χ0v) is 10.6. The Bertz CT molecular complexity index is 361. The van der Waals surface area contributed by atoms with Gasteiger partial charge in [0.25, 0.3) is 0 Å². The molecule has 1 saturated heterocycles. The normalized spacial score (nSPS) is 21.5. The van der Waals surface area contributed by atoms with Crippen LogP contribution in [0.15, 0.2) is 0 Å². The maximum absolute atomic E-state index is 12.2. The highest BCUT2D eigenvalue weighted by atomic mass is 32.2. The van der Waals surface area contributed by atoms with Crippen molar-refractivity contribution in [2.24, 2.45) is 0 Å². The Hall–Kier alpha value is -0.500. The quantitative estimate of drug-likeness (QED) is 0.924. The highest BCUT2D eigenvalue weighted by Crippen LogP contribution is 2.29. The van der Waals surface area contributed by atoms with Gasteiger partial charge in [0.05, 0.1) is 0 Å². The lowest BCUT2D eigenvalue weighted by Gasteiger charge is -2.20. The number of anilines is 1. The molecule has 17 heavy (non-hydrogen) atoms. The summed E-state index contributed by atoms with van der Waals surface area (Å²) < 4.78 is 40.0. The first kappa shape index (κ1) is 12.9. The molecule has 1 N–H and O–H groups in total. The van der Waals surface area contributed by atoms with Gasteiger partial charge in [-0.25, -0.2) is 0 Å². The summed E-state index contributed by atoms with van der Waals surface area (Å²) in [4.78, 5) is 3.43. The number of halogens is 3. The molecule has 1 aromatic heterocycles. The van der Waals surface area contributed by atoms with Crippen molar-refractivity contribution in [3.63, 3.8) is 0 Å². The zero-order chi connectivity index (χ0) is 12.3. The Kier molecular flexibility index (Phi) is 4.13. The van der Waals surface area contributed by atoms with Crippen LogP contribution in [0.2, 0.25) is 0 Å². The Balaban J connectivity index is 1.84. The van der Waals surface area contributed by atoms with E-state index in [-0.39, 0.29) is 5.13 Å². The van der Waals surface area contributed by atoms with E-state index in [1.807, 2.05) is 11.8 Å². The minimum absolute atomic E-state index is 0.253. The van der Waals surface area contributed by atoms with Gasteiger partial charge in [-0.15, -0.1) is 0 Å². The third kappa shape index (κ3) is 3.74. The van der Waals surface area contributed by atoms with Gasteiger partial charge in [0.2, 0.25) is 11.0 Å². The van der Waals surface area contributed by atoms with Crippen molar-refractivity contribution >= 4 is 28.4 Å². The van der Waals surface area contributed by atoms with Crippen molar-refractivity contribution in [2.75, 3.05) is 17.6 Å². The molecule has 3 nitrogen and oxygen atoms in total. The largest absolute Gasteiger partial charge is 0.452 e. The summed E-state index contributed by atoms with van der Waals surface area (Å²) >= 11 is 2.63. The summed E-state index contributed by atoms with van der Waals surface area (Å²) in [6.07, 6.45) is -0.903. The van der Waals surface area contributed by atoms with Crippen LogP contribution >= 0.6 is 23.3 Å². The first-order valence-corrected chi connectivity index (χ1v) is 7.14. The molecule has 1 atom stereocenters. The lowest BCUT2D eigenvalue weighted by molar-refractivity contribution is -0.144. The zero-order valence-electron chi connectivity index (χ0n) is 8.96. The molecule has 1 aliphatic heterocycles. The van der Waals surface area contributed by atoms with E-state index in [9.17, 15) is 13.2 Å². The molecule has 0 saturated carbocycles. The fourth-order valence-corrected chi connectivity index (χ4v) is 3.41. The molecule has 1 aliphatic rings. The number of nitrogens with zero attached hydrogens (tertiary/aromatic N) is 2. The fourth-order valence-electron chi connectivity index (χ4n) is 1.58. The van der Waals surface area contributed by atoms with Crippen LogP contribution in [-0.4, -0.2) is 26.9 Å².